The number of fused-ring (bicyclic) bond motifs is 2. The van der Waals surface area contributed by atoms with E-state index in [0.29, 0.717) is 17.1 Å². The van der Waals surface area contributed by atoms with E-state index >= 15 is 0 Å². The molecule has 12 heteroatoms. The summed E-state index contributed by atoms with van der Waals surface area (Å²) in [7, 11) is 3.30. The largest absolute Gasteiger partial charge is 0.497 e. The lowest BCUT2D eigenvalue weighted by Crippen LogP contribution is -2.26. The van der Waals surface area contributed by atoms with E-state index in [0.717, 1.165) is 47.2 Å². The van der Waals surface area contributed by atoms with E-state index in [-0.39, 0.29) is 19.1 Å². The van der Waals surface area contributed by atoms with Crippen LogP contribution < -0.4 is 9.47 Å². The molecule has 0 saturated heterocycles. The molecule has 0 N–H and O–H groups in total. The summed E-state index contributed by atoms with van der Waals surface area (Å²) in [6.07, 6.45) is 7.21. The molecule has 40 heavy (non-hydrogen) atoms. The molecule has 0 saturated carbocycles. The van der Waals surface area contributed by atoms with Crippen molar-refractivity contribution in [2.45, 2.75) is 13.5 Å². The number of imidazole rings is 1. The summed E-state index contributed by atoms with van der Waals surface area (Å²) in [4.78, 5) is 29.0. The first-order valence-corrected chi connectivity index (χ1v) is 14.6. The maximum atomic E-state index is 12.4. The second-order valence-corrected chi connectivity index (χ2v) is 11.9. The van der Waals surface area contributed by atoms with Crippen molar-refractivity contribution < 1.29 is 14.3 Å². The van der Waals surface area contributed by atoms with Crippen LogP contribution in [0.25, 0.3) is 36.5 Å². The Hall–Kier alpha value is -4.31. The summed E-state index contributed by atoms with van der Waals surface area (Å²) in [6.45, 7) is 2.50. The van der Waals surface area contributed by atoms with Gasteiger partial charge >= 0.3 is 0 Å². The molecule has 200 valence electrons. The first kappa shape index (κ1) is 25.9. The Morgan fingerprint density at radius 1 is 1.12 bits per heavy atom. The SMILES string of the molecule is C#CCN(C)C(=O)c1ccc(-c2nc(COc3cc(OC)cc4nc(-c5cn6nc(C)sc6n5)sc34)cs2)cc1. The highest BCUT2D eigenvalue weighted by Gasteiger charge is 2.17. The number of hydrogen-bond donors (Lipinski definition) is 0. The number of rotatable bonds is 8. The van der Waals surface area contributed by atoms with E-state index in [4.69, 9.17) is 25.9 Å². The normalized spacial score (nSPS) is 11.2. The molecule has 0 aliphatic heterocycles. The summed E-state index contributed by atoms with van der Waals surface area (Å²) >= 11 is 4.57. The number of aryl methyl sites for hydroxylation is 1. The second kappa shape index (κ2) is 10.7. The molecular weight excluding hydrogens is 565 g/mol. The average molecular weight is 587 g/mol. The van der Waals surface area contributed by atoms with Gasteiger partial charge in [-0.15, -0.1) is 29.1 Å². The Morgan fingerprint density at radius 2 is 1.95 bits per heavy atom. The fourth-order valence-electron chi connectivity index (χ4n) is 4.06. The zero-order valence-electron chi connectivity index (χ0n) is 21.7. The fraction of sp³-hybridized carbons (Fsp3) is 0.179. The van der Waals surface area contributed by atoms with Crippen LogP contribution in [0.2, 0.25) is 0 Å². The maximum absolute atomic E-state index is 12.4. The molecule has 0 aliphatic rings. The Labute approximate surface area is 241 Å². The molecule has 0 bridgehead atoms. The topological polar surface area (TPSA) is 94.7 Å². The van der Waals surface area contributed by atoms with Gasteiger partial charge in [0.15, 0.2) is 0 Å². The highest BCUT2D eigenvalue weighted by Crippen LogP contribution is 2.39. The van der Waals surface area contributed by atoms with Gasteiger partial charge in [0.25, 0.3) is 5.91 Å². The number of ether oxygens (including phenoxy) is 2. The van der Waals surface area contributed by atoms with Gasteiger partial charge in [-0.2, -0.15) is 5.10 Å². The van der Waals surface area contributed by atoms with Crippen LogP contribution in [0.5, 0.6) is 11.5 Å². The van der Waals surface area contributed by atoms with Crippen LogP contribution >= 0.6 is 34.0 Å². The van der Waals surface area contributed by atoms with Crippen LogP contribution in [-0.4, -0.2) is 56.1 Å². The third-order valence-electron chi connectivity index (χ3n) is 6.01. The first-order valence-electron chi connectivity index (χ1n) is 12.1. The molecule has 0 spiro atoms. The average Bonchev–Trinajstić information content (AvgIpc) is 3.74. The van der Waals surface area contributed by atoms with E-state index in [2.05, 4.69) is 16.0 Å². The lowest BCUT2D eigenvalue weighted by atomic mass is 10.1. The van der Waals surface area contributed by atoms with Gasteiger partial charge in [0.05, 0.1) is 35.8 Å². The molecule has 0 atom stereocenters. The first-order chi connectivity index (χ1) is 19.4. The summed E-state index contributed by atoms with van der Waals surface area (Å²) in [5.74, 6) is 3.69. The molecule has 0 unspecified atom stereocenters. The Kier molecular flexibility index (Phi) is 6.93. The van der Waals surface area contributed by atoms with Gasteiger partial charge in [0.2, 0.25) is 4.96 Å². The van der Waals surface area contributed by atoms with Crippen LogP contribution in [-0.2, 0) is 6.61 Å². The number of benzene rings is 2. The molecule has 6 rings (SSSR count). The van der Waals surface area contributed by atoms with E-state index < -0.39 is 0 Å². The van der Waals surface area contributed by atoms with Crippen molar-refractivity contribution in [1.29, 1.82) is 0 Å². The third kappa shape index (κ3) is 5.02. The molecule has 1 amide bonds. The van der Waals surface area contributed by atoms with Crippen LogP contribution in [0.3, 0.4) is 0 Å². The number of amides is 1. The highest BCUT2D eigenvalue weighted by molar-refractivity contribution is 7.22. The quantitative estimate of drug-likeness (QED) is 0.208. The van der Waals surface area contributed by atoms with Crippen LogP contribution in [0.1, 0.15) is 21.1 Å². The van der Waals surface area contributed by atoms with Crippen molar-refractivity contribution in [2.24, 2.45) is 0 Å². The predicted molar refractivity (Wildman–Crippen MR) is 158 cm³/mol. The van der Waals surface area contributed by atoms with Crippen molar-refractivity contribution in [3.05, 3.63) is 64.2 Å². The highest BCUT2D eigenvalue weighted by atomic mass is 32.1. The van der Waals surface area contributed by atoms with Crippen LogP contribution in [0, 0.1) is 19.3 Å². The number of carbonyl (C=O) groups excluding carboxylic acids is 1. The molecule has 4 heterocycles. The molecule has 0 aliphatic carbocycles. The van der Waals surface area contributed by atoms with Crippen molar-refractivity contribution in [2.75, 3.05) is 20.7 Å². The van der Waals surface area contributed by atoms with E-state index in [1.807, 2.05) is 42.8 Å². The molecule has 6 aromatic rings. The second-order valence-electron chi connectivity index (χ2n) is 8.84. The summed E-state index contributed by atoms with van der Waals surface area (Å²) < 4.78 is 14.4. The van der Waals surface area contributed by atoms with Gasteiger partial charge in [-0.1, -0.05) is 29.4 Å². The standard InChI is InChI=1S/C28H22N6O3S3/c1-5-10-33(3)27(35)18-8-6-17(7-9-18)25-29-19(15-38-25)14-37-23-12-20(36-4)11-21-24(23)40-26(30-21)22-13-34-28(31-22)39-16(2)32-34/h1,6-9,11-13,15H,10,14H2,2-4H3. The number of terminal acetylenes is 1. The summed E-state index contributed by atoms with van der Waals surface area (Å²) in [5.41, 5.74) is 3.84. The van der Waals surface area contributed by atoms with Crippen molar-refractivity contribution in [3.63, 3.8) is 0 Å². The van der Waals surface area contributed by atoms with Crippen molar-refractivity contribution >= 4 is 55.1 Å². The molecule has 0 radical (unpaired) electrons. The Morgan fingerprint density at radius 3 is 2.70 bits per heavy atom. The minimum Gasteiger partial charge on any atom is -0.497 e. The lowest BCUT2D eigenvalue weighted by molar-refractivity contribution is 0.0812. The van der Waals surface area contributed by atoms with Gasteiger partial charge in [-0.3, -0.25) is 4.79 Å². The van der Waals surface area contributed by atoms with Crippen molar-refractivity contribution in [3.8, 4) is 45.1 Å². The third-order valence-corrected chi connectivity index (χ3v) is 8.90. The summed E-state index contributed by atoms with van der Waals surface area (Å²) in [5, 5.41) is 9.00. The molecule has 9 nitrogen and oxygen atoms in total. The lowest BCUT2D eigenvalue weighted by Gasteiger charge is -2.13. The maximum Gasteiger partial charge on any atom is 0.254 e. The predicted octanol–water partition coefficient (Wildman–Crippen LogP) is 5.79. The van der Waals surface area contributed by atoms with Gasteiger partial charge in [0.1, 0.15) is 38.8 Å². The zero-order valence-corrected chi connectivity index (χ0v) is 24.2. The Balaban J connectivity index is 1.21. The van der Waals surface area contributed by atoms with Gasteiger partial charge in [-0.25, -0.2) is 19.5 Å². The minimum absolute atomic E-state index is 0.118. The van der Waals surface area contributed by atoms with Gasteiger partial charge < -0.3 is 14.4 Å². The molecule has 0 fully saturated rings. The Bertz CT molecular complexity index is 1860. The van der Waals surface area contributed by atoms with E-state index in [1.165, 1.54) is 38.9 Å². The number of thiazole rings is 2. The smallest absolute Gasteiger partial charge is 0.254 e. The van der Waals surface area contributed by atoms with Crippen molar-refractivity contribution in [1.82, 2.24) is 29.5 Å². The minimum atomic E-state index is -0.118. The number of carbonyl (C=O) groups is 1. The molecular formula is C28H22N6O3S3. The molecule has 2 aromatic carbocycles. The van der Waals surface area contributed by atoms with E-state index in [9.17, 15) is 4.79 Å². The van der Waals surface area contributed by atoms with Gasteiger partial charge in [0, 0.05) is 35.7 Å². The van der Waals surface area contributed by atoms with Crippen LogP contribution in [0.15, 0.2) is 48.0 Å². The number of hydrogen-bond acceptors (Lipinski definition) is 10. The van der Waals surface area contributed by atoms with E-state index in [1.54, 1.807) is 30.8 Å². The number of aromatic nitrogens is 5. The fourth-order valence-corrected chi connectivity index (χ4v) is 6.56. The summed E-state index contributed by atoms with van der Waals surface area (Å²) in [6, 6.07) is 11.1. The van der Waals surface area contributed by atoms with Crippen LogP contribution in [0.4, 0.5) is 0 Å². The van der Waals surface area contributed by atoms with Gasteiger partial charge in [-0.05, 0) is 19.1 Å². The zero-order chi connectivity index (χ0) is 27.8. The molecule has 4 aromatic heterocycles. The number of methoxy groups -OCH3 is 1. The number of nitrogens with zero attached hydrogens (tertiary/aromatic N) is 6. The monoisotopic (exact) mass is 586 g/mol.